The Hall–Kier alpha value is -2.65. The fourth-order valence-corrected chi connectivity index (χ4v) is 3.28. The highest BCUT2D eigenvalue weighted by Gasteiger charge is 2.53. The molecule has 1 saturated heterocycles. The van der Waals surface area contributed by atoms with Gasteiger partial charge >= 0.3 is 23.9 Å². The largest absolute Gasteiger partial charge is 0.455 e. The smallest absolute Gasteiger partial charge is 0.305 e. The van der Waals surface area contributed by atoms with Crippen LogP contribution in [0.25, 0.3) is 0 Å². The first-order chi connectivity index (χ1) is 14.0. The van der Waals surface area contributed by atoms with Crippen LogP contribution >= 0.6 is 11.6 Å². The molecular weight excluding hydrogens is 420 g/mol. The fourth-order valence-electron chi connectivity index (χ4n) is 3.09. The number of rotatable bonds is 5. The second-order valence-corrected chi connectivity index (χ2v) is 7.17. The molecule has 0 N–H and O–H groups in total. The van der Waals surface area contributed by atoms with E-state index in [1.807, 2.05) is 0 Å². The molecule has 0 bridgehead atoms. The van der Waals surface area contributed by atoms with Crippen LogP contribution in [0.4, 0.5) is 0 Å². The Morgan fingerprint density at radius 3 is 1.80 bits per heavy atom. The van der Waals surface area contributed by atoms with Crippen molar-refractivity contribution in [2.45, 2.75) is 65.3 Å². The van der Waals surface area contributed by atoms with Gasteiger partial charge in [0.25, 0.3) is 0 Å². The van der Waals surface area contributed by atoms with Crippen molar-refractivity contribution in [2.24, 2.45) is 0 Å². The van der Waals surface area contributed by atoms with E-state index < -0.39 is 54.6 Å². The molecule has 1 heterocycles. The van der Waals surface area contributed by atoms with Gasteiger partial charge in [0.2, 0.25) is 12.4 Å². The van der Waals surface area contributed by atoms with E-state index in [2.05, 4.69) is 0 Å². The molecule has 10 heteroatoms. The molecule has 1 unspecified atom stereocenters. The zero-order chi connectivity index (χ0) is 22.6. The van der Waals surface area contributed by atoms with Gasteiger partial charge in [0.15, 0.2) is 12.2 Å². The normalized spacial score (nSPS) is 25.7. The van der Waals surface area contributed by atoms with Gasteiger partial charge in [-0.05, 0) is 24.1 Å². The van der Waals surface area contributed by atoms with Crippen LogP contribution in [0.5, 0.6) is 0 Å². The van der Waals surface area contributed by atoms with Crippen LogP contribution < -0.4 is 0 Å². The van der Waals surface area contributed by atoms with Gasteiger partial charge in [-0.2, -0.15) is 0 Å². The van der Waals surface area contributed by atoms with Crippen molar-refractivity contribution in [3.05, 3.63) is 34.3 Å². The SMILES string of the molecule is CC(=O)O[C@H]1OC(c2ccc(C)c(Cl)c2)[C@H](OC(C)=O)[C@@H](OC(C)=O)[C@@H]1OC(C)=O. The average molecular weight is 443 g/mol. The van der Waals surface area contributed by atoms with Crippen LogP contribution in [0.3, 0.4) is 0 Å². The first-order valence-corrected chi connectivity index (χ1v) is 9.47. The van der Waals surface area contributed by atoms with E-state index in [1.165, 1.54) is 6.92 Å². The number of esters is 4. The standard InChI is InChI=1S/C20H23ClO9/c1-9-6-7-14(8-15(9)21)16-17(26-10(2)22)18(27-11(3)23)19(28-12(4)24)20(30-16)29-13(5)25/h6-8,16-20H,1-5H3/t16?,17-,18+,19-,20-/m0/s1. The lowest BCUT2D eigenvalue weighted by atomic mass is 9.92. The summed E-state index contributed by atoms with van der Waals surface area (Å²) in [4.78, 5) is 46.8. The lowest BCUT2D eigenvalue weighted by Gasteiger charge is -2.44. The zero-order valence-corrected chi connectivity index (χ0v) is 17.9. The highest BCUT2D eigenvalue weighted by atomic mass is 35.5. The van der Waals surface area contributed by atoms with Crippen molar-refractivity contribution in [1.29, 1.82) is 0 Å². The van der Waals surface area contributed by atoms with Crippen LogP contribution in [0.1, 0.15) is 44.9 Å². The average Bonchev–Trinajstić information content (AvgIpc) is 2.60. The summed E-state index contributed by atoms with van der Waals surface area (Å²) in [7, 11) is 0. The molecule has 164 valence electrons. The highest BCUT2D eigenvalue weighted by Crippen LogP contribution is 2.38. The van der Waals surface area contributed by atoms with Gasteiger partial charge in [0.05, 0.1) is 0 Å². The molecule has 0 saturated carbocycles. The van der Waals surface area contributed by atoms with Crippen molar-refractivity contribution in [1.82, 2.24) is 0 Å². The Morgan fingerprint density at radius 2 is 1.30 bits per heavy atom. The Bertz CT molecular complexity index is 838. The summed E-state index contributed by atoms with van der Waals surface area (Å²) in [5.41, 5.74) is 1.28. The van der Waals surface area contributed by atoms with Crippen LogP contribution in [0.2, 0.25) is 5.02 Å². The molecule has 1 aliphatic heterocycles. The third kappa shape index (κ3) is 5.93. The second-order valence-electron chi connectivity index (χ2n) is 6.77. The van der Waals surface area contributed by atoms with E-state index in [4.69, 9.17) is 35.3 Å². The summed E-state index contributed by atoms with van der Waals surface area (Å²) >= 11 is 6.22. The lowest BCUT2D eigenvalue weighted by Crippen LogP contribution is -2.59. The molecule has 2 rings (SSSR count). The van der Waals surface area contributed by atoms with Crippen molar-refractivity contribution >= 4 is 35.5 Å². The Kier molecular flexibility index (Phi) is 7.80. The molecule has 1 aliphatic rings. The molecule has 0 aromatic heterocycles. The predicted molar refractivity (Wildman–Crippen MR) is 102 cm³/mol. The van der Waals surface area contributed by atoms with Gasteiger partial charge in [-0.25, -0.2) is 0 Å². The highest BCUT2D eigenvalue weighted by molar-refractivity contribution is 6.31. The van der Waals surface area contributed by atoms with Gasteiger partial charge in [-0.3, -0.25) is 19.2 Å². The van der Waals surface area contributed by atoms with Gasteiger partial charge in [-0.1, -0.05) is 23.7 Å². The Balaban J connectivity index is 2.58. The van der Waals surface area contributed by atoms with E-state index in [-0.39, 0.29) is 0 Å². The zero-order valence-electron chi connectivity index (χ0n) is 17.2. The summed E-state index contributed by atoms with van der Waals surface area (Å²) in [6.07, 6.45) is -6.34. The van der Waals surface area contributed by atoms with Gasteiger partial charge in [0.1, 0.15) is 6.10 Å². The molecule has 0 aliphatic carbocycles. The number of carbonyl (C=O) groups excluding carboxylic acids is 4. The van der Waals surface area contributed by atoms with Gasteiger partial charge in [-0.15, -0.1) is 0 Å². The number of halogens is 1. The second kappa shape index (κ2) is 9.90. The molecule has 0 radical (unpaired) electrons. The van der Waals surface area contributed by atoms with Gasteiger partial charge in [0, 0.05) is 32.7 Å². The van der Waals surface area contributed by atoms with Crippen molar-refractivity contribution < 1.29 is 42.9 Å². The molecule has 0 spiro atoms. The van der Waals surface area contributed by atoms with Crippen molar-refractivity contribution in [2.75, 3.05) is 0 Å². The fraction of sp³-hybridized carbons (Fsp3) is 0.500. The third-order valence-electron chi connectivity index (χ3n) is 4.21. The van der Waals surface area contributed by atoms with Crippen LogP contribution in [-0.4, -0.2) is 48.5 Å². The molecular formula is C20H23ClO9. The van der Waals surface area contributed by atoms with Crippen molar-refractivity contribution in [3.8, 4) is 0 Å². The molecule has 9 nitrogen and oxygen atoms in total. The summed E-state index contributed by atoms with van der Waals surface area (Å²) in [5.74, 6) is -2.86. The van der Waals surface area contributed by atoms with E-state index in [0.29, 0.717) is 10.6 Å². The molecule has 0 amide bonds. The quantitative estimate of drug-likeness (QED) is 0.500. The van der Waals surface area contributed by atoms with E-state index >= 15 is 0 Å². The first-order valence-electron chi connectivity index (χ1n) is 9.10. The number of hydrogen-bond donors (Lipinski definition) is 0. The number of ether oxygens (including phenoxy) is 5. The molecule has 1 fully saturated rings. The van der Waals surface area contributed by atoms with E-state index in [0.717, 1.165) is 26.3 Å². The number of carbonyl (C=O) groups is 4. The molecule has 1 aromatic carbocycles. The maximum Gasteiger partial charge on any atom is 0.305 e. The maximum absolute atomic E-state index is 11.8. The molecule has 5 atom stereocenters. The first kappa shape index (κ1) is 23.6. The van der Waals surface area contributed by atoms with Gasteiger partial charge < -0.3 is 23.7 Å². The third-order valence-corrected chi connectivity index (χ3v) is 4.61. The minimum Gasteiger partial charge on any atom is -0.455 e. The minimum absolute atomic E-state index is 0.424. The predicted octanol–water partition coefficient (Wildman–Crippen LogP) is 2.40. The Labute approximate surface area is 178 Å². The molecule has 1 aromatic rings. The van der Waals surface area contributed by atoms with Crippen LogP contribution in [0, 0.1) is 6.92 Å². The number of benzene rings is 1. The van der Waals surface area contributed by atoms with Crippen LogP contribution in [0.15, 0.2) is 18.2 Å². The van der Waals surface area contributed by atoms with Crippen LogP contribution in [-0.2, 0) is 42.9 Å². The molecule has 30 heavy (non-hydrogen) atoms. The monoisotopic (exact) mass is 442 g/mol. The van der Waals surface area contributed by atoms with E-state index in [9.17, 15) is 19.2 Å². The van der Waals surface area contributed by atoms with Crippen molar-refractivity contribution in [3.63, 3.8) is 0 Å². The summed E-state index contributed by atoms with van der Waals surface area (Å²) in [5, 5.41) is 0.424. The van der Waals surface area contributed by atoms with E-state index in [1.54, 1.807) is 25.1 Å². The summed E-state index contributed by atoms with van der Waals surface area (Å²) < 4.78 is 27.0. The minimum atomic E-state index is -1.42. The lowest BCUT2D eigenvalue weighted by molar-refractivity contribution is -0.298. The Morgan fingerprint density at radius 1 is 0.800 bits per heavy atom. The number of hydrogen-bond acceptors (Lipinski definition) is 9. The number of aryl methyl sites for hydroxylation is 1. The summed E-state index contributed by atoms with van der Waals surface area (Å²) in [6.45, 7) is 6.39. The maximum atomic E-state index is 11.8. The topological polar surface area (TPSA) is 114 Å². The summed E-state index contributed by atoms with van der Waals surface area (Å²) in [6, 6.07) is 5.01.